The number of piperazine rings is 1. The molecule has 1 atom stereocenters. The summed E-state index contributed by atoms with van der Waals surface area (Å²) >= 11 is 0. The third kappa shape index (κ3) is 3.70. The lowest BCUT2D eigenvalue weighted by atomic mass is 10.1. The van der Waals surface area contributed by atoms with Crippen molar-refractivity contribution < 1.29 is 9.59 Å². The lowest BCUT2D eigenvalue weighted by Gasteiger charge is -2.34. The molecule has 17 heavy (non-hydrogen) atoms. The number of rotatable bonds is 6. The van der Waals surface area contributed by atoms with Crippen molar-refractivity contribution in [3.05, 3.63) is 0 Å². The van der Waals surface area contributed by atoms with Crippen LogP contribution in [0.2, 0.25) is 0 Å². The molecule has 0 aromatic heterocycles. The number of carbonyl (C=O) groups is 2. The fraction of sp³-hybridized carbons (Fsp3) is 0.833. The smallest absolute Gasteiger partial charge is 0.312 e. The summed E-state index contributed by atoms with van der Waals surface area (Å²) in [7, 11) is 1.67. The van der Waals surface area contributed by atoms with Crippen LogP contribution in [0.15, 0.2) is 0 Å². The number of nitrogens with zero attached hydrogens (tertiary/aromatic N) is 2. The van der Waals surface area contributed by atoms with Crippen molar-refractivity contribution in [1.82, 2.24) is 15.1 Å². The monoisotopic (exact) mass is 241 g/mol. The average molecular weight is 241 g/mol. The Bertz CT molecular complexity index is 275. The van der Waals surface area contributed by atoms with Gasteiger partial charge in [0.25, 0.3) is 0 Å². The average Bonchev–Trinajstić information content (AvgIpc) is 2.30. The molecular formula is C12H23N3O2. The van der Waals surface area contributed by atoms with E-state index in [1.54, 1.807) is 11.9 Å². The van der Waals surface area contributed by atoms with E-state index >= 15 is 0 Å². The van der Waals surface area contributed by atoms with Crippen LogP contribution in [-0.2, 0) is 9.59 Å². The lowest BCUT2D eigenvalue weighted by Crippen LogP contribution is -2.55. The van der Waals surface area contributed by atoms with Crippen molar-refractivity contribution >= 4 is 11.8 Å². The predicted molar refractivity (Wildman–Crippen MR) is 66.6 cm³/mol. The first-order valence-electron chi connectivity index (χ1n) is 6.37. The van der Waals surface area contributed by atoms with Crippen molar-refractivity contribution in [3.63, 3.8) is 0 Å². The highest BCUT2D eigenvalue weighted by atomic mass is 16.2. The first-order valence-corrected chi connectivity index (χ1v) is 6.37. The fourth-order valence-corrected chi connectivity index (χ4v) is 2.11. The van der Waals surface area contributed by atoms with Crippen LogP contribution >= 0.6 is 0 Å². The number of nitrogens with one attached hydrogen (secondary N) is 1. The summed E-state index contributed by atoms with van der Waals surface area (Å²) in [5.41, 5.74) is 0. The van der Waals surface area contributed by atoms with Crippen molar-refractivity contribution in [2.45, 2.75) is 32.7 Å². The third-order valence-electron chi connectivity index (χ3n) is 3.09. The van der Waals surface area contributed by atoms with Crippen LogP contribution in [-0.4, -0.2) is 60.9 Å². The third-order valence-corrected chi connectivity index (χ3v) is 3.09. The van der Waals surface area contributed by atoms with Crippen LogP contribution < -0.4 is 5.32 Å². The van der Waals surface area contributed by atoms with Gasteiger partial charge in [-0.2, -0.15) is 0 Å². The Kier molecular flexibility index (Phi) is 5.41. The molecular weight excluding hydrogens is 218 g/mol. The number of likely N-dealkylation sites (N-methyl/N-ethyl adjacent to an activating group) is 2. The van der Waals surface area contributed by atoms with Crippen molar-refractivity contribution in [1.29, 1.82) is 0 Å². The predicted octanol–water partition coefficient (Wildman–Crippen LogP) is 0.0652. The van der Waals surface area contributed by atoms with Crippen LogP contribution in [0, 0.1) is 0 Å². The molecule has 0 radical (unpaired) electrons. The molecule has 5 heteroatoms. The van der Waals surface area contributed by atoms with Crippen LogP contribution in [0.4, 0.5) is 0 Å². The van der Waals surface area contributed by atoms with E-state index in [1.165, 1.54) is 4.90 Å². The van der Waals surface area contributed by atoms with E-state index in [2.05, 4.69) is 19.2 Å². The molecule has 0 saturated carbocycles. The zero-order valence-corrected chi connectivity index (χ0v) is 11.0. The molecule has 98 valence electrons. The zero-order valence-electron chi connectivity index (χ0n) is 11.0. The largest absolute Gasteiger partial charge is 0.336 e. The molecule has 0 aliphatic carbocycles. The SMILES string of the molecule is CCCC(CN1CCN(C)C(=O)C1=O)NCC. The Balaban J connectivity index is 2.54. The van der Waals surface area contributed by atoms with Crippen molar-refractivity contribution in [2.24, 2.45) is 0 Å². The van der Waals surface area contributed by atoms with Gasteiger partial charge in [0, 0.05) is 32.7 Å². The Morgan fingerprint density at radius 1 is 1.24 bits per heavy atom. The van der Waals surface area contributed by atoms with Gasteiger partial charge in [-0.15, -0.1) is 0 Å². The normalized spacial score (nSPS) is 18.8. The molecule has 1 N–H and O–H groups in total. The van der Waals surface area contributed by atoms with E-state index in [1.807, 2.05) is 0 Å². The Morgan fingerprint density at radius 2 is 1.94 bits per heavy atom. The van der Waals surface area contributed by atoms with Gasteiger partial charge < -0.3 is 15.1 Å². The van der Waals surface area contributed by atoms with E-state index in [-0.39, 0.29) is 11.8 Å². The van der Waals surface area contributed by atoms with E-state index < -0.39 is 0 Å². The van der Waals surface area contributed by atoms with E-state index in [0.717, 1.165) is 19.4 Å². The molecule has 1 unspecified atom stereocenters. The Hall–Kier alpha value is -1.10. The Labute approximate surface area is 103 Å². The Morgan fingerprint density at radius 3 is 2.53 bits per heavy atom. The van der Waals surface area contributed by atoms with Crippen LogP contribution in [0.5, 0.6) is 0 Å². The highest BCUT2D eigenvalue weighted by molar-refractivity contribution is 6.35. The topological polar surface area (TPSA) is 52.7 Å². The van der Waals surface area contributed by atoms with Gasteiger partial charge in [-0.3, -0.25) is 9.59 Å². The summed E-state index contributed by atoms with van der Waals surface area (Å²) < 4.78 is 0. The van der Waals surface area contributed by atoms with Crippen LogP contribution in [0.25, 0.3) is 0 Å². The van der Waals surface area contributed by atoms with Gasteiger partial charge in [-0.25, -0.2) is 0 Å². The van der Waals surface area contributed by atoms with Gasteiger partial charge in [0.15, 0.2) is 0 Å². The summed E-state index contributed by atoms with van der Waals surface area (Å²) in [6.07, 6.45) is 2.11. The molecule has 1 heterocycles. The maximum Gasteiger partial charge on any atom is 0.312 e. The highest BCUT2D eigenvalue weighted by Crippen LogP contribution is 2.06. The molecule has 1 fully saturated rings. The van der Waals surface area contributed by atoms with Crippen LogP contribution in [0.3, 0.4) is 0 Å². The minimum Gasteiger partial charge on any atom is -0.336 e. The molecule has 0 spiro atoms. The molecule has 0 aromatic carbocycles. The zero-order chi connectivity index (χ0) is 12.8. The number of carbonyl (C=O) groups excluding carboxylic acids is 2. The molecule has 1 aliphatic rings. The minimum atomic E-state index is -0.386. The van der Waals surface area contributed by atoms with Crippen molar-refractivity contribution in [2.75, 3.05) is 33.2 Å². The maximum atomic E-state index is 11.8. The van der Waals surface area contributed by atoms with Gasteiger partial charge in [0.05, 0.1) is 0 Å². The lowest BCUT2D eigenvalue weighted by molar-refractivity contribution is -0.155. The number of hydrogen-bond acceptors (Lipinski definition) is 3. The van der Waals surface area contributed by atoms with Crippen molar-refractivity contribution in [3.8, 4) is 0 Å². The van der Waals surface area contributed by atoms with Gasteiger partial charge >= 0.3 is 11.8 Å². The summed E-state index contributed by atoms with van der Waals surface area (Å²) in [5.74, 6) is -0.749. The summed E-state index contributed by atoms with van der Waals surface area (Å²) in [4.78, 5) is 26.5. The quantitative estimate of drug-likeness (QED) is 0.669. The van der Waals surface area contributed by atoms with Gasteiger partial charge in [-0.05, 0) is 13.0 Å². The standard InChI is InChI=1S/C12H23N3O2/c1-4-6-10(13-5-2)9-15-8-7-14(3)11(16)12(15)17/h10,13H,4-9H2,1-3H3. The molecule has 0 bridgehead atoms. The highest BCUT2D eigenvalue weighted by Gasteiger charge is 2.31. The number of hydrogen-bond donors (Lipinski definition) is 1. The van der Waals surface area contributed by atoms with Gasteiger partial charge in [0.1, 0.15) is 0 Å². The minimum absolute atomic E-state index is 0.296. The molecule has 2 amide bonds. The summed E-state index contributed by atoms with van der Waals surface area (Å²) in [5, 5.41) is 3.36. The summed E-state index contributed by atoms with van der Waals surface area (Å²) in [6, 6.07) is 0.296. The summed E-state index contributed by atoms with van der Waals surface area (Å²) in [6.45, 7) is 6.99. The molecule has 5 nitrogen and oxygen atoms in total. The van der Waals surface area contributed by atoms with E-state index in [4.69, 9.17) is 0 Å². The second kappa shape index (κ2) is 6.59. The van der Waals surface area contributed by atoms with Gasteiger partial charge in [0.2, 0.25) is 0 Å². The second-order valence-corrected chi connectivity index (χ2v) is 4.52. The number of amides is 2. The molecule has 1 aliphatic heterocycles. The first kappa shape index (κ1) is 14.0. The van der Waals surface area contributed by atoms with E-state index in [9.17, 15) is 9.59 Å². The second-order valence-electron chi connectivity index (χ2n) is 4.52. The van der Waals surface area contributed by atoms with Gasteiger partial charge in [-0.1, -0.05) is 20.3 Å². The molecule has 1 rings (SSSR count). The van der Waals surface area contributed by atoms with E-state index in [0.29, 0.717) is 25.7 Å². The maximum absolute atomic E-state index is 11.8. The van der Waals surface area contributed by atoms with Crippen LogP contribution in [0.1, 0.15) is 26.7 Å². The molecule has 0 aromatic rings. The fourth-order valence-electron chi connectivity index (χ4n) is 2.11. The first-order chi connectivity index (χ1) is 8.10. The molecule has 1 saturated heterocycles.